The van der Waals surface area contributed by atoms with Gasteiger partial charge >= 0.3 is 0 Å². The molecule has 3 rings (SSSR count). The van der Waals surface area contributed by atoms with E-state index in [1.165, 1.54) is 0 Å². The van der Waals surface area contributed by atoms with E-state index in [2.05, 4.69) is 20.8 Å². The maximum Gasteiger partial charge on any atom is 0.251 e. The predicted molar refractivity (Wildman–Crippen MR) is 120 cm³/mol. The molecular weight excluding hydrogens is 416 g/mol. The zero-order valence-corrected chi connectivity index (χ0v) is 18.5. The van der Waals surface area contributed by atoms with Crippen LogP contribution in [0.1, 0.15) is 49.9 Å². The highest BCUT2D eigenvalue weighted by Crippen LogP contribution is 2.19. The molecule has 3 aromatic rings. The molecule has 7 nitrogen and oxygen atoms in total. The lowest BCUT2D eigenvalue weighted by Gasteiger charge is -2.24. The molecule has 162 valence electrons. The third kappa shape index (κ3) is 6.39. The average molecular weight is 441 g/mol. The van der Waals surface area contributed by atoms with Crippen molar-refractivity contribution in [2.45, 2.75) is 45.6 Å². The van der Waals surface area contributed by atoms with Crippen LogP contribution in [-0.4, -0.2) is 27.5 Å². The molecule has 0 saturated carbocycles. The largest absolute Gasteiger partial charge is 0.347 e. The fraction of sp³-hybridized carbons (Fsp3) is 0.304. The summed E-state index contributed by atoms with van der Waals surface area (Å²) in [5, 5.41) is 10.4. The summed E-state index contributed by atoms with van der Waals surface area (Å²) in [6, 6.07) is 13.9. The number of carbonyl (C=O) groups excluding carboxylic acids is 2. The van der Waals surface area contributed by atoms with E-state index >= 15 is 0 Å². The minimum Gasteiger partial charge on any atom is -0.347 e. The number of carbonyl (C=O) groups is 2. The van der Waals surface area contributed by atoms with Gasteiger partial charge in [-0.25, -0.2) is 0 Å². The Morgan fingerprint density at radius 2 is 1.74 bits per heavy atom. The van der Waals surface area contributed by atoms with Crippen LogP contribution in [0.4, 0.5) is 5.69 Å². The lowest BCUT2D eigenvalue weighted by Crippen LogP contribution is -2.42. The Kier molecular flexibility index (Phi) is 7.07. The van der Waals surface area contributed by atoms with Crippen molar-refractivity contribution in [1.82, 2.24) is 15.5 Å². The van der Waals surface area contributed by atoms with Crippen LogP contribution < -0.4 is 10.6 Å². The molecule has 0 saturated heterocycles. The quantitative estimate of drug-likeness (QED) is 0.520. The highest BCUT2D eigenvalue weighted by molar-refractivity contribution is 6.30. The van der Waals surface area contributed by atoms with Crippen molar-refractivity contribution in [3.05, 3.63) is 65.0 Å². The number of benzene rings is 2. The summed E-state index contributed by atoms with van der Waals surface area (Å²) < 4.78 is 5.22. The topological polar surface area (TPSA) is 97.1 Å². The van der Waals surface area contributed by atoms with Gasteiger partial charge in [-0.3, -0.25) is 9.59 Å². The summed E-state index contributed by atoms with van der Waals surface area (Å²) >= 11 is 5.88. The smallest absolute Gasteiger partial charge is 0.251 e. The second-order valence-corrected chi connectivity index (χ2v) is 8.27. The van der Waals surface area contributed by atoms with Gasteiger partial charge in [-0.05, 0) is 68.8 Å². The predicted octanol–water partition coefficient (Wildman–Crippen LogP) is 4.88. The van der Waals surface area contributed by atoms with Gasteiger partial charge in [0.05, 0.1) is 0 Å². The van der Waals surface area contributed by atoms with Gasteiger partial charge in [-0.1, -0.05) is 23.7 Å². The number of hydrogen-bond acceptors (Lipinski definition) is 5. The number of hydrogen-bond donors (Lipinski definition) is 2. The first kappa shape index (κ1) is 22.5. The molecule has 0 aliphatic carbocycles. The van der Waals surface area contributed by atoms with Crippen LogP contribution in [0.15, 0.2) is 53.1 Å². The molecule has 0 atom stereocenters. The van der Waals surface area contributed by atoms with Crippen molar-refractivity contribution < 1.29 is 14.1 Å². The van der Waals surface area contributed by atoms with Crippen molar-refractivity contribution >= 4 is 29.1 Å². The molecule has 1 aromatic heterocycles. The van der Waals surface area contributed by atoms with Crippen LogP contribution in [-0.2, 0) is 11.2 Å². The van der Waals surface area contributed by atoms with E-state index in [0.717, 1.165) is 12.0 Å². The number of anilines is 1. The highest BCUT2D eigenvalue weighted by atomic mass is 35.5. The molecule has 0 spiro atoms. The van der Waals surface area contributed by atoms with Crippen LogP contribution in [0.2, 0.25) is 5.02 Å². The average Bonchev–Trinajstić information content (AvgIpc) is 3.22. The summed E-state index contributed by atoms with van der Waals surface area (Å²) in [6.45, 7) is 5.97. The van der Waals surface area contributed by atoms with E-state index < -0.39 is 0 Å². The number of nitrogens with one attached hydrogen (secondary N) is 2. The van der Waals surface area contributed by atoms with Gasteiger partial charge in [-0.15, -0.1) is 0 Å². The third-order valence-corrected chi connectivity index (χ3v) is 5.16. The Balaban J connectivity index is 1.51. The van der Waals surface area contributed by atoms with Crippen LogP contribution in [0.3, 0.4) is 0 Å². The molecule has 2 aromatic carbocycles. The SMILES string of the molecule is CCC(C)(C)NC(=O)c1ccc(NC(=O)CCc2nc(-c3ccc(Cl)cc3)no2)cc1. The first-order chi connectivity index (χ1) is 14.8. The molecule has 0 aliphatic heterocycles. The van der Waals surface area contributed by atoms with Gasteiger partial charge in [0.1, 0.15) is 0 Å². The monoisotopic (exact) mass is 440 g/mol. The molecule has 2 N–H and O–H groups in total. The number of aromatic nitrogens is 2. The fourth-order valence-electron chi connectivity index (χ4n) is 2.69. The second-order valence-electron chi connectivity index (χ2n) is 7.84. The fourth-order valence-corrected chi connectivity index (χ4v) is 2.82. The molecule has 0 radical (unpaired) electrons. The normalized spacial score (nSPS) is 11.2. The van der Waals surface area contributed by atoms with Crippen molar-refractivity contribution in [3.63, 3.8) is 0 Å². The Labute approximate surface area is 186 Å². The summed E-state index contributed by atoms with van der Waals surface area (Å²) in [5.74, 6) is 0.506. The Hall–Kier alpha value is -3.19. The Bertz CT molecular complexity index is 1040. The van der Waals surface area contributed by atoms with E-state index in [1.807, 2.05) is 20.8 Å². The molecule has 0 bridgehead atoms. The molecule has 8 heteroatoms. The molecule has 0 aliphatic rings. The number of halogens is 1. The molecule has 0 unspecified atom stereocenters. The maximum atomic E-state index is 12.3. The number of rotatable bonds is 8. The first-order valence-electron chi connectivity index (χ1n) is 10.1. The maximum absolute atomic E-state index is 12.3. The number of amides is 2. The summed E-state index contributed by atoms with van der Waals surface area (Å²) in [6.07, 6.45) is 1.34. The van der Waals surface area contributed by atoms with Gasteiger partial charge in [0.15, 0.2) is 0 Å². The van der Waals surface area contributed by atoms with E-state index in [0.29, 0.717) is 34.4 Å². The van der Waals surface area contributed by atoms with Gasteiger partial charge in [-0.2, -0.15) is 4.98 Å². The van der Waals surface area contributed by atoms with Crippen molar-refractivity contribution in [2.75, 3.05) is 5.32 Å². The third-order valence-electron chi connectivity index (χ3n) is 4.90. The first-order valence-corrected chi connectivity index (χ1v) is 10.4. The van der Waals surface area contributed by atoms with Crippen molar-refractivity contribution in [2.24, 2.45) is 0 Å². The van der Waals surface area contributed by atoms with Gasteiger partial charge in [0.25, 0.3) is 5.91 Å². The molecule has 0 fully saturated rings. The van der Waals surface area contributed by atoms with Crippen LogP contribution >= 0.6 is 11.6 Å². The summed E-state index contributed by atoms with van der Waals surface area (Å²) in [7, 11) is 0. The van der Waals surface area contributed by atoms with E-state index in [9.17, 15) is 9.59 Å². The van der Waals surface area contributed by atoms with Crippen LogP contribution in [0.5, 0.6) is 0 Å². The Morgan fingerprint density at radius 3 is 2.39 bits per heavy atom. The molecule has 31 heavy (non-hydrogen) atoms. The lowest BCUT2D eigenvalue weighted by atomic mass is 10.0. The minimum atomic E-state index is -0.272. The number of nitrogens with zero attached hydrogens (tertiary/aromatic N) is 2. The standard InChI is InChI=1S/C23H25ClN4O3/c1-4-23(2,3)27-22(30)16-7-11-18(12-8-16)25-19(29)13-14-20-26-21(28-31-20)15-5-9-17(24)10-6-15/h5-12H,4,13-14H2,1-3H3,(H,25,29)(H,27,30). The van der Waals surface area contributed by atoms with Gasteiger partial charge in [0, 0.05) is 40.2 Å². The van der Waals surface area contributed by atoms with E-state index in [-0.39, 0.29) is 23.8 Å². The van der Waals surface area contributed by atoms with E-state index in [1.54, 1.807) is 48.5 Å². The van der Waals surface area contributed by atoms with Crippen LogP contribution in [0, 0.1) is 0 Å². The summed E-state index contributed by atoms with van der Waals surface area (Å²) in [5.41, 5.74) is 1.67. The van der Waals surface area contributed by atoms with E-state index in [4.69, 9.17) is 16.1 Å². The molecule has 1 heterocycles. The summed E-state index contributed by atoms with van der Waals surface area (Å²) in [4.78, 5) is 28.9. The minimum absolute atomic E-state index is 0.141. The van der Waals surface area contributed by atoms with Crippen molar-refractivity contribution in [1.29, 1.82) is 0 Å². The van der Waals surface area contributed by atoms with Gasteiger partial charge in [0.2, 0.25) is 17.6 Å². The van der Waals surface area contributed by atoms with Crippen molar-refractivity contribution in [3.8, 4) is 11.4 Å². The van der Waals surface area contributed by atoms with Crippen LogP contribution in [0.25, 0.3) is 11.4 Å². The zero-order chi connectivity index (χ0) is 22.4. The zero-order valence-electron chi connectivity index (χ0n) is 17.7. The second kappa shape index (κ2) is 9.75. The molecular formula is C23H25ClN4O3. The lowest BCUT2D eigenvalue weighted by molar-refractivity contribution is -0.116. The highest BCUT2D eigenvalue weighted by Gasteiger charge is 2.18. The number of aryl methyl sites for hydroxylation is 1. The Morgan fingerprint density at radius 1 is 1.06 bits per heavy atom. The molecule has 2 amide bonds. The van der Waals surface area contributed by atoms with Gasteiger partial charge < -0.3 is 15.2 Å².